The smallest absolute Gasteiger partial charge is 0.193 e. The summed E-state index contributed by atoms with van der Waals surface area (Å²) >= 11 is 0. The Bertz CT molecular complexity index is 939. The molecule has 0 saturated carbocycles. The first-order valence-electron chi connectivity index (χ1n) is 10.1. The van der Waals surface area contributed by atoms with Gasteiger partial charge in [-0.3, -0.25) is 9.39 Å². The Hall–Kier alpha value is -2.16. The second-order valence-electron chi connectivity index (χ2n) is 7.50. The van der Waals surface area contributed by atoms with Crippen LogP contribution in [-0.4, -0.2) is 52.1 Å². The summed E-state index contributed by atoms with van der Waals surface area (Å²) in [7, 11) is 1.86. The Kier molecular flexibility index (Phi) is 7.46. The second kappa shape index (κ2) is 10.0. The molecule has 3 aromatic rings. The molecule has 2 unspecified atom stereocenters. The van der Waals surface area contributed by atoms with Gasteiger partial charge in [-0.05, 0) is 36.0 Å². The zero-order chi connectivity index (χ0) is 19.3. The number of hydrogen-bond donors (Lipinski definition) is 1. The van der Waals surface area contributed by atoms with E-state index in [0.717, 1.165) is 49.9 Å². The molecule has 0 spiro atoms. The highest BCUT2D eigenvalue weighted by atomic mass is 127. The Morgan fingerprint density at radius 1 is 1.14 bits per heavy atom. The molecule has 6 nitrogen and oxygen atoms in total. The van der Waals surface area contributed by atoms with Crippen LogP contribution >= 0.6 is 24.0 Å². The van der Waals surface area contributed by atoms with Crippen molar-refractivity contribution < 1.29 is 0 Å². The minimum Gasteiger partial charge on any atom is -0.356 e. The Morgan fingerprint density at radius 3 is 2.69 bits per heavy atom. The van der Waals surface area contributed by atoms with Gasteiger partial charge in [0.2, 0.25) is 0 Å². The predicted molar refractivity (Wildman–Crippen MR) is 128 cm³/mol. The van der Waals surface area contributed by atoms with Crippen molar-refractivity contribution in [2.75, 3.05) is 26.7 Å². The molecule has 0 bridgehead atoms. The van der Waals surface area contributed by atoms with Crippen LogP contribution in [0.25, 0.3) is 5.65 Å². The summed E-state index contributed by atoms with van der Waals surface area (Å²) in [6.45, 7) is 5.18. The van der Waals surface area contributed by atoms with Crippen molar-refractivity contribution in [3.05, 3.63) is 66.1 Å². The first-order valence-corrected chi connectivity index (χ1v) is 10.1. The lowest BCUT2D eigenvalue weighted by Gasteiger charge is -2.38. The molecule has 0 radical (unpaired) electrons. The molecule has 0 aliphatic carbocycles. The average Bonchev–Trinajstić information content (AvgIpc) is 3.15. The molecule has 1 N–H and O–H groups in total. The SMILES string of the molecule is CN=C(NCCc1nnc2ccccn12)N1CCC(c2ccccc2)C(C)C1.I. The van der Waals surface area contributed by atoms with Crippen molar-refractivity contribution in [3.8, 4) is 0 Å². The van der Waals surface area contributed by atoms with Crippen molar-refractivity contribution in [3.63, 3.8) is 0 Å². The largest absolute Gasteiger partial charge is 0.356 e. The number of guanidine groups is 1. The van der Waals surface area contributed by atoms with Gasteiger partial charge in [0, 0.05) is 39.3 Å². The molecule has 0 amide bonds. The van der Waals surface area contributed by atoms with Gasteiger partial charge in [-0.2, -0.15) is 0 Å². The molecule has 3 heterocycles. The number of benzene rings is 1. The van der Waals surface area contributed by atoms with E-state index in [2.05, 4.69) is 62.7 Å². The highest BCUT2D eigenvalue weighted by Crippen LogP contribution is 2.32. The number of hydrogen-bond acceptors (Lipinski definition) is 3. The number of nitrogens with one attached hydrogen (secondary N) is 1. The third-order valence-electron chi connectivity index (χ3n) is 5.66. The van der Waals surface area contributed by atoms with Crippen LogP contribution in [0, 0.1) is 5.92 Å². The Balaban J connectivity index is 0.00000240. The van der Waals surface area contributed by atoms with E-state index >= 15 is 0 Å². The van der Waals surface area contributed by atoms with E-state index in [1.165, 1.54) is 5.56 Å². The fourth-order valence-electron chi connectivity index (χ4n) is 4.21. The summed E-state index contributed by atoms with van der Waals surface area (Å²) in [6.07, 6.45) is 3.97. The van der Waals surface area contributed by atoms with Crippen molar-refractivity contribution in [2.24, 2.45) is 10.9 Å². The van der Waals surface area contributed by atoms with Crippen LogP contribution in [0.1, 0.15) is 30.7 Å². The van der Waals surface area contributed by atoms with Gasteiger partial charge in [-0.15, -0.1) is 34.2 Å². The van der Waals surface area contributed by atoms with Gasteiger partial charge in [-0.1, -0.05) is 43.3 Å². The number of nitrogens with zero attached hydrogens (tertiary/aromatic N) is 5. The number of pyridine rings is 1. The number of likely N-dealkylation sites (tertiary alicyclic amines) is 1. The number of fused-ring (bicyclic) bond motifs is 1. The van der Waals surface area contributed by atoms with Crippen molar-refractivity contribution in [2.45, 2.75) is 25.7 Å². The van der Waals surface area contributed by atoms with E-state index in [1.807, 2.05) is 35.8 Å². The summed E-state index contributed by atoms with van der Waals surface area (Å²) in [6, 6.07) is 16.8. The molecule has 1 aromatic carbocycles. The van der Waals surface area contributed by atoms with Gasteiger partial charge >= 0.3 is 0 Å². The fourth-order valence-corrected chi connectivity index (χ4v) is 4.21. The minimum absolute atomic E-state index is 0. The number of piperidine rings is 1. The molecule has 2 atom stereocenters. The van der Waals surface area contributed by atoms with Crippen LogP contribution in [-0.2, 0) is 6.42 Å². The molecule has 1 saturated heterocycles. The average molecular weight is 504 g/mol. The van der Waals surface area contributed by atoms with Crippen molar-refractivity contribution in [1.82, 2.24) is 24.8 Å². The van der Waals surface area contributed by atoms with E-state index in [1.54, 1.807) is 0 Å². The standard InChI is InChI=1S/C22H28N6.HI/c1-17-16-27(15-12-19(17)18-8-4-3-5-9-18)22(23-2)24-13-11-21-26-25-20-10-6-7-14-28(20)21;/h3-10,14,17,19H,11-13,15-16H2,1-2H3,(H,23,24);1H. The van der Waals surface area contributed by atoms with Gasteiger partial charge in [-0.25, -0.2) is 0 Å². The van der Waals surface area contributed by atoms with E-state index < -0.39 is 0 Å². The molecule has 154 valence electrons. The van der Waals surface area contributed by atoms with Gasteiger partial charge in [0.05, 0.1) is 0 Å². The highest BCUT2D eigenvalue weighted by Gasteiger charge is 2.28. The monoisotopic (exact) mass is 504 g/mol. The van der Waals surface area contributed by atoms with Crippen LogP contribution in [0.3, 0.4) is 0 Å². The van der Waals surface area contributed by atoms with E-state index in [9.17, 15) is 0 Å². The molecule has 1 fully saturated rings. The quantitative estimate of drug-likeness (QED) is 0.335. The topological polar surface area (TPSA) is 57.8 Å². The molecule has 7 heteroatoms. The lowest BCUT2D eigenvalue weighted by Crippen LogP contribution is -2.48. The normalized spacial score (nSPS) is 19.8. The minimum atomic E-state index is 0. The number of aliphatic imine (C=N–C) groups is 1. The third-order valence-corrected chi connectivity index (χ3v) is 5.66. The molecule has 2 aromatic heterocycles. The lowest BCUT2D eigenvalue weighted by molar-refractivity contribution is 0.234. The lowest BCUT2D eigenvalue weighted by atomic mass is 9.82. The van der Waals surface area contributed by atoms with E-state index in [0.29, 0.717) is 11.8 Å². The van der Waals surface area contributed by atoms with Gasteiger partial charge in [0.1, 0.15) is 5.82 Å². The fraction of sp³-hybridized carbons (Fsp3) is 0.409. The third kappa shape index (κ3) is 4.88. The van der Waals surface area contributed by atoms with E-state index in [4.69, 9.17) is 0 Å². The summed E-state index contributed by atoms with van der Waals surface area (Å²) in [4.78, 5) is 6.89. The Morgan fingerprint density at radius 2 is 1.93 bits per heavy atom. The van der Waals surface area contributed by atoms with Gasteiger partial charge in [0.25, 0.3) is 0 Å². The summed E-state index contributed by atoms with van der Waals surface area (Å²) in [5, 5.41) is 12.0. The summed E-state index contributed by atoms with van der Waals surface area (Å²) in [5.41, 5.74) is 2.34. The van der Waals surface area contributed by atoms with Crippen LogP contribution < -0.4 is 5.32 Å². The first-order chi connectivity index (χ1) is 13.8. The van der Waals surface area contributed by atoms with Gasteiger partial charge in [0.15, 0.2) is 11.6 Å². The van der Waals surface area contributed by atoms with E-state index in [-0.39, 0.29) is 24.0 Å². The molecule has 29 heavy (non-hydrogen) atoms. The van der Waals surface area contributed by atoms with Crippen molar-refractivity contribution in [1.29, 1.82) is 0 Å². The van der Waals surface area contributed by atoms with Crippen LogP contribution in [0.15, 0.2) is 59.7 Å². The number of halogens is 1. The van der Waals surface area contributed by atoms with Crippen LogP contribution in [0.4, 0.5) is 0 Å². The zero-order valence-corrected chi connectivity index (χ0v) is 19.4. The summed E-state index contributed by atoms with van der Waals surface area (Å²) in [5.74, 6) is 3.16. The molecule has 4 rings (SSSR count). The molecular weight excluding hydrogens is 475 g/mol. The Labute approximate surface area is 189 Å². The molecular formula is C22H29IN6. The number of aromatic nitrogens is 3. The predicted octanol–water partition coefficient (Wildman–Crippen LogP) is 3.59. The zero-order valence-electron chi connectivity index (χ0n) is 17.0. The maximum absolute atomic E-state index is 4.51. The summed E-state index contributed by atoms with van der Waals surface area (Å²) < 4.78 is 2.04. The first kappa shape index (κ1) is 21.5. The number of rotatable bonds is 4. The van der Waals surface area contributed by atoms with Crippen LogP contribution in [0.2, 0.25) is 0 Å². The van der Waals surface area contributed by atoms with Crippen molar-refractivity contribution >= 4 is 35.6 Å². The molecule has 1 aliphatic rings. The maximum Gasteiger partial charge on any atom is 0.193 e. The highest BCUT2D eigenvalue weighted by molar-refractivity contribution is 14.0. The molecule has 1 aliphatic heterocycles. The van der Waals surface area contributed by atoms with Gasteiger partial charge < -0.3 is 10.2 Å². The maximum atomic E-state index is 4.51. The van der Waals surface area contributed by atoms with Crippen LogP contribution in [0.5, 0.6) is 0 Å². The second-order valence-corrected chi connectivity index (χ2v) is 7.50.